The summed E-state index contributed by atoms with van der Waals surface area (Å²) in [4.78, 5) is 12.6. The largest absolute Gasteiger partial charge is 0.399 e. The number of nitrogen functional groups attached to an aromatic ring is 1. The number of benzene rings is 1. The number of hydrogen-bond acceptors (Lipinski definition) is 3. The van der Waals surface area contributed by atoms with Gasteiger partial charge in [0, 0.05) is 16.6 Å². The smallest absolute Gasteiger partial charge is 0.230 e. The number of hydrogen-bond donors (Lipinski definition) is 2. The minimum Gasteiger partial charge on any atom is -0.399 e. The van der Waals surface area contributed by atoms with E-state index >= 15 is 0 Å². The lowest BCUT2D eigenvalue weighted by atomic mass is 10.2. The molecule has 1 aromatic carbocycles. The first kappa shape index (κ1) is 13.6. The van der Waals surface area contributed by atoms with Crippen LogP contribution >= 0.6 is 23.4 Å². The molecule has 0 radical (unpaired) electrons. The lowest BCUT2D eigenvalue weighted by Gasteiger charge is -2.12. The monoisotopic (exact) mass is 284 g/mol. The lowest BCUT2D eigenvalue weighted by Crippen LogP contribution is -2.33. The van der Waals surface area contributed by atoms with Gasteiger partial charge in [-0.05, 0) is 31.0 Å². The molecule has 1 fully saturated rings. The third-order valence-corrected chi connectivity index (χ3v) is 4.53. The van der Waals surface area contributed by atoms with Crippen molar-refractivity contribution >= 4 is 35.0 Å². The fraction of sp³-hybridized carbons (Fsp3) is 0.462. The highest BCUT2D eigenvalue weighted by atomic mass is 35.5. The summed E-state index contributed by atoms with van der Waals surface area (Å²) in [5.41, 5.74) is 6.36. The number of nitrogens with two attached hydrogens (primary N) is 1. The Morgan fingerprint density at radius 3 is 2.89 bits per heavy atom. The molecule has 0 aliphatic heterocycles. The van der Waals surface area contributed by atoms with E-state index in [9.17, 15) is 4.79 Å². The van der Waals surface area contributed by atoms with Crippen LogP contribution in [0.4, 0.5) is 5.69 Å². The van der Waals surface area contributed by atoms with Crippen LogP contribution in [0.2, 0.25) is 5.02 Å². The zero-order valence-electron chi connectivity index (χ0n) is 10.1. The Labute approximate surface area is 116 Å². The lowest BCUT2D eigenvalue weighted by molar-refractivity contribution is -0.119. The van der Waals surface area contributed by atoms with Crippen LogP contribution in [-0.4, -0.2) is 17.7 Å². The third-order valence-electron chi connectivity index (χ3n) is 3.03. The predicted molar refractivity (Wildman–Crippen MR) is 77.0 cm³/mol. The van der Waals surface area contributed by atoms with Crippen LogP contribution in [0.25, 0.3) is 0 Å². The molecule has 98 valence electrons. The van der Waals surface area contributed by atoms with Crippen molar-refractivity contribution < 1.29 is 4.79 Å². The van der Waals surface area contributed by atoms with E-state index < -0.39 is 0 Å². The van der Waals surface area contributed by atoms with E-state index in [4.69, 9.17) is 17.3 Å². The summed E-state index contributed by atoms with van der Waals surface area (Å²) in [6.45, 7) is 0. The number of carbonyl (C=O) groups is 1. The molecule has 0 heterocycles. The molecule has 1 saturated carbocycles. The molecular weight excluding hydrogens is 268 g/mol. The summed E-state index contributed by atoms with van der Waals surface area (Å²) in [7, 11) is 0. The summed E-state index contributed by atoms with van der Waals surface area (Å²) >= 11 is 7.47. The van der Waals surface area contributed by atoms with Crippen LogP contribution in [0.3, 0.4) is 0 Å². The molecular formula is C13H17ClN2OS. The Hall–Kier alpha value is -0.870. The maximum Gasteiger partial charge on any atom is 0.230 e. The van der Waals surface area contributed by atoms with E-state index in [-0.39, 0.29) is 5.91 Å². The van der Waals surface area contributed by atoms with Crippen molar-refractivity contribution in [3.63, 3.8) is 0 Å². The molecule has 3 nitrogen and oxygen atoms in total. The second-order valence-electron chi connectivity index (χ2n) is 4.53. The van der Waals surface area contributed by atoms with E-state index in [1.165, 1.54) is 24.6 Å². The van der Waals surface area contributed by atoms with Gasteiger partial charge in [-0.3, -0.25) is 4.79 Å². The molecule has 1 amide bonds. The standard InChI is InChI=1S/C13H17ClN2OS/c14-11-6-5-9(15)7-12(11)18-8-13(17)16-10-3-1-2-4-10/h5-7,10H,1-4,8,15H2,(H,16,17). The summed E-state index contributed by atoms with van der Waals surface area (Å²) in [5.74, 6) is 0.463. The topological polar surface area (TPSA) is 55.1 Å². The predicted octanol–water partition coefficient (Wildman–Crippen LogP) is 3.07. The van der Waals surface area contributed by atoms with E-state index in [1.807, 2.05) is 0 Å². The highest BCUT2D eigenvalue weighted by Crippen LogP contribution is 2.29. The van der Waals surface area contributed by atoms with Gasteiger partial charge in [0.1, 0.15) is 0 Å². The zero-order chi connectivity index (χ0) is 13.0. The first-order valence-electron chi connectivity index (χ1n) is 6.12. The molecule has 0 atom stereocenters. The van der Waals surface area contributed by atoms with Gasteiger partial charge in [-0.2, -0.15) is 0 Å². The third kappa shape index (κ3) is 3.82. The number of thioether (sulfide) groups is 1. The Morgan fingerprint density at radius 2 is 2.17 bits per heavy atom. The fourth-order valence-electron chi connectivity index (χ4n) is 2.11. The first-order chi connectivity index (χ1) is 8.65. The molecule has 1 aliphatic rings. The number of nitrogens with one attached hydrogen (secondary N) is 1. The van der Waals surface area contributed by atoms with Gasteiger partial charge in [0.15, 0.2) is 0 Å². The molecule has 0 bridgehead atoms. The summed E-state index contributed by atoms with van der Waals surface area (Å²) in [6, 6.07) is 5.68. The van der Waals surface area contributed by atoms with Crippen LogP contribution in [0.5, 0.6) is 0 Å². The van der Waals surface area contributed by atoms with Crippen molar-refractivity contribution in [1.29, 1.82) is 0 Å². The Kier molecular flexibility index (Phi) is 4.78. The van der Waals surface area contributed by atoms with E-state index in [1.54, 1.807) is 18.2 Å². The highest BCUT2D eigenvalue weighted by molar-refractivity contribution is 8.00. The molecule has 1 aromatic rings. The van der Waals surface area contributed by atoms with Gasteiger partial charge in [0.2, 0.25) is 5.91 Å². The second-order valence-corrected chi connectivity index (χ2v) is 5.95. The van der Waals surface area contributed by atoms with Crippen LogP contribution < -0.4 is 11.1 Å². The summed E-state index contributed by atoms with van der Waals surface area (Å²) < 4.78 is 0. The van der Waals surface area contributed by atoms with Crippen molar-refractivity contribution in [1.82, 2.24) is 5.32 Å². The van der Waals surface area contributed by atoms with Crippen LogP contribution in [0, 0.1) is 0 Å². The Bertz CT molecular complexity index is 433. The van der Waals surface area contributed by atoms with Crippen molar-refractivity contribution in [3.05, 3.63) is 23.2 Å². The van der Waals surface area contributed by atoms with Gasteiger partial charge in [0.25, 0.3) is 0 Å². The molecule has 0 spiro atoms. The van der Waals surface area contributed by atoms with Crippen LogP contribution in [0.15, 0.2) is 23.1 Å². The molecule has 0 saturated heterocycles. The van der Waals surface area contributed by atoms with E-state index in [2.05, 4.69) is 5.32 Å². The van der Waals surface area contributed by atoms with Gasteiger partial charge in [-0.15, -0.1) is 11.8 Å². The maximum absolute atomic E-state index is 11.8. The van der Waals surface area contributed by atoms with Crippen LogP contribution in [-0.2, 0) is 4.79 Å². The molecule has 3 N–H and O–H groups in total. The van der Waals surface area contributed by atoms with Gasteiger partial charge in [-0.25, -0.2) is 0 Å². The van der Waals surface area contributed by atoms with Gasteiger partial charge in [-0.1, -0.05) is 24.4 Å². The molecule has 0 unspecified atom stereocenters. The van der Waals surface area contributed by atoms with Gasteiger partial charge >= 0.3 is 0 Å². The quantitative estimate of drug-likeness (QED) is 0.660. The first-order valence-corrected chi connectivity index (χ1v) is 7.48. The SMILES string of the molecule is Nc1ccc(Cl)c(SCC(=O)NC2CCCC2)c1. The van der Waals surface area contributed by atoms with Crippen molar-refractivity contribution in [2.24, 2.45) is 0 Å². The average molecular weight is 285 g/mol. The number of rotatable bonds is 4. The minimum atomic E-state index is 0.0744. The summed E-state index contributed by atoms with van der Waals surface area (Å²) in [6.07, 6.45) is 4.66. The van der Waals surface area contributed by atoms with Crippen molar-refractivity contribution in [2.75, 3.05) is 11.5 Å². The number of halogens is 1. The maximum atomic E-state index is 11.8. The van der Waals surface area contributed by atoms with Gasteiger partial charge < -0.3 is 11.1 Å². The fourth-order valence-corrected chi connectivity index (χ4v) is 3.19. The van der Waals surface area contributed by atoms with Crippen molar-refractivity contribution in [2.45, 2.75) is 36.6 Å². The highest BCUT2D eigenvalue weighted by Gasteiger charge is 2.17. The number of carbonyl (C=O) groups excluding carboxylic acids is 1. The second kappa shape index (κ2) is 6.34. The minimum absolute atomic E-state index is 0.0744. The Morgan fingerprint density at radius 1 is 1.44 bits per heavy atom. The zero-order valence-corrected chi connectivity index (χ0v) is 11.7. The van der Waals surface area contributed by atoms with Gasteiger partial charge in [0.05, 0.1) is 10.8 Å². The molecule has 0 aromatic heterocycles. The number of amides is 1. The molecule has 5 heteroatoms. The average Bonchev–Trinajstić information content (AvgIpc) is 2.83. The molecule has 18 heavy (non-hydrogen) atoms. The van der Waals surface area contributed by atoms with Crippen molar-refractivity contribution in [3.8, 4) is 0 Å². The normalized spacial score (nSPS) is 15.8. The Balaban J connectivity index is 1.83. The van der Waals surface area contributed by atoms with E-state index in [0.717, 1.165) is 17.7 Å². The summed E-state index contributed by atoms with van der Waals surface area (Å²) in [5, 5.41) is 3.69. The van der Waals surface area contributed by atoms with E-state index in [0.29, 0.717) is 22.5 Å². The molecule has 1 aliphatic carbocycles. The molecule has 2 rings (SSSR count). The number of anilines is 1. The van der Waals surface area contributed by atoms with Crippen LogP contribution in [0.1, 0.15) is 25.7 Å².